The largest absolute Gasteiger partial charge is 0.391 e. The van der Waals surface area contributed by atoms with Crippen LogP contribution in [0.2, 0.25) is 0 Å². The number of fused-ring (bicyclic) bond motifs is 3. The number of aliphatic imine (C=N–C) groups is 1. The molecule has 1 fully saturated rings. The van der Waals surface area contributed by atoms with Gasteiger partial charge in [-0.3, -0.25) is 23.9 Å². The fraction of sp³-hybridized carbons (Fsp3) is 0.457. The lowest BCUT2D eigenvalue weighted by Crippen LogP contribution is -2.57. The van der Waals surface area contributed by atoms with E-state index in [2.05, 4.69) is 75.4 Å². The first-order valence-corrected chi connectivity index (χ1v) is 22.5. The summed E-state index contributed by atoms with van der Waals surface area (Å²) in [4.78, 5) is 54.5. The minimum absolute atomic E-state index is 0.0255. The molecular formula is C46H56N8O4S2. The van der Waals surface area contributed by atoms with Gasteiger partial charge in [-0.1, -0.05) is 69.3 Å². The van der Waals surface area contributed by atoms with Crippen LogP contribution in [0.1, 0.15) is 122 Å². The molecule has 2 aliphatic heterocycles. The molecule has 5 atom stereocenters. The maximum atomic E-state index is 14.2. The van der Waals surface area contributed by atoms with Crippen LogP contribution >= 0.6 is 22.7 Å². The van der Waals surface area contributed by atoms with E-state index in [1.165, 1.54) is 20.9 Å². The number of carbonyl (C=O) groups excluding carboxylic acids is 3. The van der Waals surface area contributed by atoms with Gasteiger partial charge < -0.3 is 20.6 Å². The van der Waals surface area contributed by atoms with Crippen molar-refractivity contribution in [1.29, 1.82) is 0 Å². The number of amides is 3. The van der Waals surface area contributed by atoms with Gasteiger partial charge in [-0.2, -0.15) is 0 Å². The van der Waals surface area contributed by atoms with Crippen molar-refractivity contribution in [2.75, 3.05) is 6.54 Å². The van der Waals surface area contributed by atoms with Crippen LogP contribution in [-0.4, -0.2) is 77.9 Å². The molecule has 0 radical (unpaired) electrons. The van der Waals surface area contributed by atoms with E-state index in [0.717, 1.165) is 68.0 Å². The predicted octanol–water partition coefficient (Wildman–Crippen LogP) is 7.68. The summed E-state index contributed by atoms with van der Waals surface area (Å²) in [5.74, 6) is 0.784. The van der Waals surface area contributed by atoms with Crippen molar-refractivity contribution in [2.24, 2.45) is 10.4 Å². The molecule has 12 nitrogen and oxygen atoms in total. The van der Waals surface area contributed by atoms with Gasteiger partial charge in [0.15, 0.2) is 5.82 Å². The van der Waals surface area contributed by atoms with E-state index in [1.54, 1.807) is 22.7 Å². The first-order chi connectivity index (χ1) is 28.5. The van der Waals surface area contributed by atoms with Crippen LogP contribution in [-0.2, 0) is 20.8 Å². The fourth-order valence-corrected chi connectivity index (χ4v) is 10.2. The fourth-order valence-electron chi connectivity index (χ4n) is 8.17. The summed E-state index contributed by atoms with van der Waals surface area (Å²) in [7, 11) is 0. The number of unbranched alkanes of at least 4 members (excludes halogenated alkanes) is 1. The average Bonchev–Trinajstić information content (AvgIpc) is 3.98. The lowest BCUT2D eigenvalue weighted by molar-refractivity contribution is -0.144. The van der Waals surface area contributed by atoms with E-state index in [4.69, 9.17) is 4.99 Å². The number of benzene rings is 2. The molecule has 7 rings (SSSR count). The summed E-state index contributed by atoms with van der Waals surface area (Å²) in [6.45, 7) is 17.9. The first kappa shape index (κ1) is 43.1. The Balaban J connectivity index is 0.936. The number of nitrogens with zero attached hydrogens (tertiary/aromatic N) is 6. The van der Waals surface area contributed by atoms with E-state index < -0.39 is 23.6 Å². The Labute approximate surface area is 360 Å². The van der Waals surface area contributed by atoms with Crippen molar-refractivity contribution < 1.29 is 19.5 Å². The smallest absolute Gasteiger partial charge is 0.246 e. The highest BCUT2D eigenvalue weighted by Gasteiger charge is 2.44. The number of β-amino-alcohol motifs (C(OH)–C–C–N with tert-alkyl or cyclic N) is 1. The monoisotopic (exact) mass is 848 g/mol. The van der Waals surface area contributed by atoms with Crippen LogP contribution < -0.4 is 10.6 Å². The highest BCUT2D eigenvalue weighted by Crippen LogP contribution is 2.39. The van der Waals surface area contributed by atoms with Crippen LogP contribution in [0.3, 0.4) is 0 Å². The van der Waals surface area contributed by atoms with E-state index in [9.17, 15) is 19.5 Å². The third-order valence-electron chi connectivity index (χ3n) is 11.8. The molecule has 0 spiro atoms. The lowest BCUT2D eigenvalue weighted by atomic mass is 9.85. The number of aliphatic hydroxyl groups excluding tert-OH is 1. The Morgan fingerprint density at radius 2 is 1.65 bits per heavy atom. The van der Waals surface area contributed by atoms with E-state index in [1.807, 2.05) is 71.3 Å². The summed E-state index contributed by atoms with van der Waals surface area (Å²) in [5, 5.41) is 26.7. The van der Waals surface area contributed by atoms with Gasteiger partial charge in [0.25, 0.3) is 0 Å². The minimum atomic E-state index is -0.872. The van der Waals surface area contributed by atoms with Gasteiger partial charge in [0.2, 0.25) is 17.7 Å². The van der Waals surface area contributed by atoms with Crippen LogP contribution in [0.25, 0.3) is 15.4 Å². The number of hydrogen-bond donors (Lipinski definition) is 3. The molecular weight excluding hydrogens is 793 g/mol. The molecule has 14 heteroatoms. The Bertz CT molecular complexity index is 2410. The van der Waals surface area contributed by atoms with Gasteiger partial charge in [0.05, 0.1) is 33.9 Å². The Morgan fingerprint density at radius 3 is 2.32 bits per heavy atom. The summed E-state index contributed by atoms with van der Waals surface area (Å²) in [6.07, 6.45) is 1.80. The number of aromatic nitrogens is 4. The molecule has 60 heavy (non-hydrogen) atoms. The van der Waals surface area contributed by atoms with E-state index >= 15 is 0 Å². The van der Waals surface area contributed by atoms with Gasteiger partial charge in [-0.25, -0.2) is 4.98 Å². The number of aliphatic hydroxyl groups is 1. The molecule has 2 aromatic carbocycles. The molecule has 5 aromatic rings. The number of thiophene rings is 1. The normalized spacial score (nSPS) is 18.6. The number of nitrogens with one attached hydrogen (secondary N) is 2. The van der Waals surface area contributed by atoms with Gasteiger partial charge in [-0.05, 0) is 88.5 Å². The number of carbonyl (C=O) groups is 3. The molecule has 316 valence electrons. The second-order valence-corrected chi connectivity index (χ2v) is 19.4. The maximum absolute atomic E-state index is 14.2. The van der Waals surface area contributed by atoms with Gasteiger partial charge in [0, 0.05) is 35.4 Å². The topological polar surface area (TPSA) is 155 Å². The van der Waals surface area contributed by atoms with Gasteiger partial charge >= 0.3 is 0 Å². The molecule has 3 amide bonds. The summed E-state index contributed by atoms with van der Waals surface area (Å²) in [6, 6.07) is 14.4. The second-order valence-electron chi connectivity index (χ2n) is 17.3. The molecule has 5 heterocycles. The maximum Gasteiger partial charge on any atom is 0.246 e. The SMILES string of the molecule is Cc1ncsc1-c1ccc(C(C)NC(=O)[C@@H]2C[C@@H](O)CN2C(=O)C(NC(=O)CCCCc2ccc(C3=N[C@@H](C)c4nnc(C)n4-c4sc(C)c(C)c43)cc2)C(C)(C)C)cc1. The minimum Gasteiger partial charge on any atom is -0.391 e. The van der Waals surface area contributed by atoms with Crippen LogP contribution in [0, 0.1) is 33.1 Å². The number of aryl methyl sites for hydroxylation is 4. The third kappa shape index (κ3) is 8.87. The van der Waals surface area contributed by atoms with Gasteiger partial charge in [-0.15, -0.1) is 32.9 Å². The average molecular weight is 849 g/mol. The van der Waals surface area contributed by atoms with Crippen molar-refractivity contribution in [2.45, 2.75) is 125 Å². The van der Waals surface area contributed by atoms with Crippen LogP contribution in [0.4, 0.5) is 0 Å². The zero-order chi connectivity index (χ0) is 43.0. The highest BCUT2D eigenvalue weighted by molar-refractivity contribution is 7.15. The molecule has 0 aliphatic carbocycles. The first-order valence-electron chi connectivity index (χ1n) is 20.8. The molecule has 2 unspecified atom stereocenters. The second kappa shape index (κ2) is 17.5. The van der Waals surface area contributed by atoms with Crippen molar-refractivity contribution in [3.63, 3.8) is 0 Å². The third-order valence-corrected chi connectivity index (χ3v) is 13.9. The van der Waals surface area contributed by atoms with Crippen molar-refractivity contribution >= 4 is 46.1 Å². The zero-order valence-corrected chi connectivity index (χ0v) is 37.6. The Hall–Kier alpha value is -5.05. The number of likely N-dealkylation sites (tertiary alicyclic amines) is 1. The number of thiazole rings is 1. The Kier molecular flexibility index (Phi) is 12.6. The molecule has 2 aliphatic rings. The van der Waals surface area contributed by atoms with Crippen molar-refractivity contribution in [1.82, 2.24) is 35.3 Å². The van der Waals surface area contributed by atoms with Crippen molar-refractivity contribution in [3.05, 3.63) is 104 Å². The summed E-state index contributed by atoms with van der Waals surface area (Å²) < 4.78 is 2.15. The predicted molar refractivity (Wildman–Crippen MR) is 238 cm³/mol. The van der Waals surface area contributed by atoms with E-state index in [-0.39, 0.29) is 49.2 Å². The summed E-state index contributed by atoms with van der Waals surface area (Å²) in [5.41, 5.74) is 9.69. The standard InChI is InChI=1S/C46H56N8O4S2/c1-25-29(5)60-45-38(25)39(48-28(4)42-52-51-30(6)54(42)45)33-16-14-31(15-17-33)12-10-11-13-37(56)50-41(46(7,8)9)44(58)53-23-35(55)22-36(53)43(57)49-26(2)32-18-20-34(21-19-32)40-27(3)47-24-59-40/h14-21,24,26,28,35-36,41,55H,10-13,22-23H2,1-9H3,(H,49,57)(H,50,56)/t26?,28-,35+,36-,41?/m0/s1. The lowest BCUT2D eigenvalue weighted by Gasteiger charge is -2.35. The molecule has 3 N–H and O–H groups in total. The summed E-state index contributed by atoms with van der Waals surface area (Å²) >= 11 is 3.33. The molecule has 0 saturated carbocycles. The van der Waals surface area contributed by atoms with Gasteiger partial charge in [0.1, 0.15) is 29.0 Å². The molecule has 0 bridgehead atoms. The quantitative estimate of drug-likeness (QED) is 0.109. The zero-order valence-electron chi connectivity index (χ0n) is 36.0. The van der Waals surface area contributed by atoms with E-state index in [0.29, 0.717) is 6.42 Å². The van der Waals surface area contributed by atoms with Crippen LogP contribution in [0.15, 0.2) is 59.0 Å². The highest BCUT2D eigenvalue weighted by atomic mass is 32.1. The molecule has 3 aromatic heterocycles. The number of hydrogen-bond acceptors (Lipinski definition) is 10. The van der Waals surface area contributed by atoms with Crippen LogP contribution in [0.5, 0.6) is 0 Å². The van der Waals surface area contributed by atoms with Crippen molar-refractivity contribution in [3.8, 4) is 15.4 Å². The Morgan fingerprint density at radius 1 is 0.950 bits per heavy atom. The molecule has 1 saturated heterocycles. The number of rotatable bonds is 12.